The maximum atomic E-state index is 11.9. The van der Waals surface area contributed by atoms with Crippen LogP contribution in [0.3, 0.4) is 0 Å². The molecule has 1 fully saturated rings. The van der Waals surface area contributed by atoms with Gasteiger partial charge in [-0.1, -0.05) is 6.92 Å². The molecule has 2 atom stereocenters. The molecule has 1 aliphatic heterocycles. The normalized spacial score (nSPS) is 25.3. The molecule has 1 aromatic heterocycles. The van der Waals surface area contributed by atoms with E-state index in [-0.39, 0.29) is 11.9 Å². The molecule has 2 rings (SSSR count). The van der Waals surface area contributed by atoms with Crippen LogP contribution in [0.4, 0.5) is 0 Å². The largest absolute Gasteiger partial charge is 0.351 e. The summed E-state index contributed by atoms with van der Waals surface area (Å²) >= 11 is 0. The van der Waals surface area contributed by atoms with Gasteiger partial charge in [-0.05, 0) is 25.3 Å². The maximum Gasteiger partial charge on any atom is 0.237 e. The van der Waals surface area contributed by atoms with Crippen LogP contribution in [0.1, 0.15) is 25.3 Å². The van der Waals surface area contributed by atoms with Gasteiger partial charge in [-0.2, -0.15) is 5.10 Å². The van der Waals surface area contributed by atoms with Crippen molar-refractivity contribution in [1.82, 2.24) is 20.8 Å². The van der Waals surface area contributed by atoms with Crippen molar-refractivity contribution in [3.8, 4) is 0 Å². The van der Waals surface area contributed by atoms with Gasteiger partial charge in [0, 0.05) is 18.3 Å². The lowest BCUT2D eigenvalue weighted by Gasteiger charge is -2.28. The van der Waals surface area contributed by atoms with Crippen LogP contribution < -0.4 is 10.6 Å². The third kappa shape index (κ3) is 2.61. The zero-order valence-electron chi connectivity index (χ0n) is 9.49. The number of nitrogens with one attached hydrogen (secondary N) is 3. The molecule has 1 aliphatic rings. The first-order chi connectivity index (χ1) is 7.77. The van der Waals surface area contributed by atoms with Gasteiger partial charge in [0.25, 0.3) is 0 Å². The summed E-state index contributed by atoms with van der Waals surface area (Å²) in [5, 5.41) is 12.7. The second-order valence-electron chi connectivity index (χ2n) is 4.38. The van der Waals surface area contributed by atoms with Gasteiger partial charge >= 0.3 is 0 Å². The van der Waals surface area contributed by atoms with Crippen molar-refractivity contribution in [2.75, 3.05) is 6.54 Å². The summed E-state index contributed by atoms with van der Waals surface area (Å²) in [5.41, 5.74) is 0.997. The summed E-state index contributed by atoms with van der Waals surface area (Å²) in [6.07, 6.45) is 5.79. The number of carbonyl (C=O) groups is 1. The van der Waals surface area contributed by atoms with E-state index in [1.54, 1.807) is 12.4 Å². The van der Waals surface area contributed by atoms with Gasteiger partial charge in [0.1, 0.15) is 0 Å². The zero-order chi connectivity index (χ0) is 11.4. The predicted octanol–water partition coefficient (Wildman–Crippen LogP) is 0.414. The van der Waals surface area contributed by atoms with Crippen LogP contribution in [0.5, 0.6) is 0 Å². The average molecular weight is 222 g/mol. The number of carbonyl (C=O) groups excluding carboxylic acids is 1. The number of piperidine rings is 1. The van der Waals surface area contributed by atoms with Gasteiger partial charge in [-0.25, -0.2) is 0 Å². The van der Waals surface area contributed by atoms with E-state index in [1.165, 1.54) is 0 Å². The van der Waals surface area contributed by atoms with Gasteiger partial charge in [0.15, 0.2) is 0 Å². The topological polar surface area (TPSA) is 69.8 Å². The Hall–Kier alpha value is -1.36. The second kappa shape index (κ2) is 5.12. The van der Waals surface area contributed by atoms with Gasteiger partial charge in [-0.3, -0.25) is 9.89 Å². The molecule has 0 aliphatic carbocycles. The number of aromatic amines is 1. The Bertz CT molecular complexity index is 336. The molecule has 16 heavy (non-hydrogen) atoms. The van der Waals surface area contributed by atoms with Crippen LogP contribution in [0, 0.1) is 5.92 Å². The van der Waals surface area contributed by atoms with Gasteiger partial charge < -0.3 is 10.6 Å². The maximum absolute atomic E-state index is 11.9. The minimum Gasteiger partial charge on any atom is -0.351 e. The van der Waals surface area contributed by atoms with Crippen LogP contribution in [-0.4, -0.2) is 28.7 Å². The fraction of sp³-hybridized carbons (Fsp3) is 0.636. The van der Waals surface area contributed by atoms with E-state index in [4.69, 9.17) is 0 Å². The van der Waals surface area contributed by atoms with Crippen molar-refractivity contribution >= 4 is 5.91 Å². The summed E-state index contributed by atoms with van der Waals surface area (Å²) in [7, 11) is 0. The highest BCUT2D eigenvalue weighted by molar-refractivity contribution is 5.82. The molecule has 1 amide bonds. The molecule has 88 valence electrons. The highest BCUT2D eigenvalue weighted by Gasteiger charge is 2.26. The minimum absolute atomic E-state index is 0.0411. The lowest BCUT2D eigenvalue weighted by Crippen LogP contribution is -2.50. The predicted molar refractivity (Wildman–Crippen MR) is 60.6 cm³/mol. The highest BCUT2D eigenvalue weighted by atomic mass is 16.2. The van der Waals surface area contributed by atoms with E-state index in [9.17, 15) is 4.79 Å². The molecule has 0 bridgehead atoms. The van der Waals surface area contributed by atoms with E-state index >= 15 is 0 Å². The molecule has 1 aromatic rings. The van der Waals surface area contributed by atoms with E-state index in [1.807, 2.05) is 0 Å². The monoisotopic (exact) mass is 222 g/mol. The minimum atomic E-state index is -0.0411. The van der Waals surface area contributed by atoms with Crippen LogP contribution in [0.25, 0.3) is 0 Å². The van der Waals surface area contributed by atoms with Crippen LogP contribution in [-0.2, 0) is 11.3 Å². The lowest BCUT2D eigenvalue weighted by atomic mass is 9.92. The third-order valence-corrected chi connectivity index (χ3v) is 3.07. The Morgan fingerprint density at radius 3 is 3.25 bits per heavy atom. The fourth-order valence-corrected chi connectivity index (χ4v) is 2.07. The molecular weight excluding hydrogens is 204 g/mol. The van der Waals surface area contributed by atoms with Crippen molar-refractivity contribution in [2.24, 2.45) is 5.92 Å². The molecule has 0 radical (unpaired) electrons. The first-order valence-electron chi connectivity index (χ1n) is 5.76. The quantitative estimate of drug-likeness (QED) is 0.694. The molecule has 5 heteroatoms. The van der Waals surface area contributed by atoms with Gasteiger partial charge in [0.05, 0.1) is 12.2 Å². The summed E-state index contributed by atoms with van der Waals surface area (Å²) in [6.45, 7) is 3.60. The lowest BCUT2D eigenvalue weighted by molar-refractivity contribution is -0.125. The molecule has 3 N–H and O–H groups in total. The SMILES string of the molecule is CC1CCCNC1C(=O)NCc1cn[nH]c1. The van der Waals surface area contributed by atoms with Crippen LogP contribution in [0.2, 0.25) is 0 Å². The Labute approximate surface area is 95.0 Å². The molecule has 0 spiro atoms. The van der Waals surface area contributed by atoms with E-state index in [0.717, 1.165) is 24.9 Å². The van der Waals surface area contributed by atoms with Crippen molar-refractivity contribution in [1.29, 1.82) is 0 Å². The van der Waals surface area contributed by atoms with Gasteiger partial charge in [-0.15, -0.1) is 0 Å². The summed E-state index contributed by atoms with van der Waals surface area (Å²) in [5.74, 6) is 0.506. The van der Waals surface area contributed by atoms with Gasteiger partial charge in [0.2, 0.25) is 5.91 Å². The Morgan fingerprint density at radius 2 is 2.56 bits per heavy atom. The van der Waals surface area contributed by atoms with Crippen molar-refractivity contribution in [3.05, 3.63) is 18.0 Å². The average Bonchev–Trinajstić information content (AvgIpc) is 2.79. The molecular formula is C11H18N4O. The molecule has 2 heterocycles. The number of amides is 1. The number of rotatable bonds is 3. The Balaban J connectivity index is 1.83. The number of hydrogen-bond acceptors (Lipinski definition) is 3. The first-order valence-corrected chi connectivity index (χ1v) is 5.76. The summed E-state index contributed by atoms with van der Waals surface area (Å²) in [6, 6.07) is -0.0411. The highest BCUT2D eigenvalue weighted by Crippen LogP contribution is 2.15. The van der Waals surface area contributed by atoms with E-state index < -0.39 is 0 Å². The smallest absolute Gasteiger partial charge is 0.237 e. The Morgan fingerprint density at radius 1 is 1.69 bits per heavy atom. The number of hydrogen-bond donors (Lipinski definition) is 3. The summed E-state index contributed by atoms with van der Waals surface area (Å²) < 4.78 is 0. The van der Waals surface area contributed by atoms with Crippen molar-refractivity contribution in [2.45, 2.75) is 32.4 Å². The second-order valence-corrected chi connectivity index (χ2v) is 4.38. The molecule has 0 saturated carbocycles. The summed E-state index contributed by atoms with van der Waals surface area (Å²) in [4.78, 5) is 11.9. The number of H-pyrrole nitrogens is 1. The molecule has 2 unspecified atom stereocenters. The number of nitrogens with zero attached hydrogens (tertiary/aromatic N) is 1. The zero-order valence-corrected chi connectivity index (χ0v) is 9.49. The fourth-order valence-electron chi connectivity index (χ4n) is 2.07. The Kier molecular flexibility index (Phi) is 3.56. The van der Waals surface area contributed by atoms with E-state index in [0.29, 0.717) is 12.5 Å². The molecule has 0 aromatic carbocycles. The molecule has 1 saturated heterocycles. The number of aromatic nitrogens is 2. The van der Waals surface area contributed by atoms with Crippen molar-refractivity contribution in [3.63, 3.8) is 0 Å². The standard InChI is InChI=1S/C11H18N4O/c1-8-3-2-4-12-10(8)11(16)13-5-9-6-14-15-7-9/h6-8,10,12H,2-5H2,1H3,(H,13,16)(H,14,15). The molecule has 5 nitrogen and oxygen atoms in total. The van der Waals surface area contributed by atoms with Crippen LogP contribution in [0.15, 0.2) is 12.4 Å². The first kappa shape index (κ1) is 11.1. The van der Waals surface area contributed by atoms with Crippen LogP contribution >= 0.6 is 0 Å². The third-order valence-electron chi connectivity index (χ3n) is 3.07. The van der Waals surface area contributed by atoms with Crippen molar-refractivity contribution < 1.29 is 4.79 Å². The van der Waals surface area contributed by atoms with E-state index in [2.05, 4.69) is 27.8 Å².